The van der Waals surface area contributed by atoms with Crippen molar-refractivity contribution in [1.29, 1.82) is 0 Å². The largest absolute Gasteiger partial charge is 0.507 e. The van der Waals surface area contributed by atoms with Gasteiger partial charge in [-0.3, -0.25) is 0 Å². The summed E-state index contributed by atoms with van der Waals surface area (Å²) in [5, 5.41) is 12.0. The number of phenolic OH excluding ortho intramolecular Hbond substituents is 1. The normalized spacial score (nSPS) is 10.8. The topological polar surface area (TPSA) is 20.2 Å². The van der Waals surface area contributed by atoms with Crippen LogP contribution >= 0.6 is 11.8 Å². The van der Waals surface area contributed by atoms with E-state index in [0.29, 0.717) is 0 Å². The summed E-state index contributed by atoms with van der Waals surface area (Å²) >= 11 is 1.37. The van der Waals surface area contributed by atoms with E-state index in [1.54, 1.807) is 12.1 Å². The minimum atomic E-state index is -0.273. The number of hydrogen-bond acceptors (Lipinski definition) is 2. The molecule has 94 valence electrons. The van der Waals surface area contributed by atoms with Gasteiger partial charge >= 0.3 is 0 Å². The highest BCUT2D eigenvalue weighted by molar-refractivity contribution is 7.99. The molecule has 3 rings (SSSR count). The van der Waals surface area contributed by atoms with Crippen molar-refractivity contribution in [1.82, 2.24) is 0 Å². The molecule has 0 saturated carbocycles. The van der Waals surface area contributed by atoms with Gasteiger partial charge in [-0.05, 0) is 35.0 Å². The van der Waals surface area contributed by atoms with Crippen molar-refractivity contribution in [2.75, 3.05) is 0 Å². The molecule has 0 heterocycles. The van der Waals surface area contributed by atoms with Crippen LogP contribution in [-0.2, 0) is 0 Å². The first kappa shape index (κ1) is 12.1. The van der Waals surface area contributed by atoms with Crippen LogP contribution in [0.1, 0.15) is 0 Å². The fraction of sp³-hybridized carbons (Fsp3) is 0. The smallest absolute Gasteiger partial charge is 0.130 e. The minimum absolute atomic E-state index is 0.216. The number of rotatable bonds is 2. The molecule has 0 radical (unpaired) electrons. The Bertz CT molecular complexity index is 740. The predicted molar refractivity (Wildman–Crippen MR) is 76.1 cm³/mol. The van der Waals surface area contributed by atoms with Gasteiger partial charge in [-0.25, -0.2) is 4.39 Å². The van der Waals surface area contributed by atoms with Crippen molar-refractivity contribution in [3.05, 3.63) is 66.5 Å². The van der Waals surface area contributed by atoms with Crippen LogP contribution in [0.2, 0.25) is 0 Å². The van der Waals surface area contributed by atoms with Gasteiger partial charge in [0, 0.05) is 4.90 Å². The predicted octanol–water partition coefficient (Wildman–Crippen LogP) is 4.84. The van der Waals surface area contributed by atoms with E-state index in [-0.39, 0.29) is 11.6 Å². The third-order valence-corrected chi connectivity index (χ3v) is 4.00. The molecule has 0 amide bonds. The van der Waals surface area contributed by atoms with E-state index in [4.69, 9.17) is 0 Å². The highest BCUT2D eigenvalue weighted by Gasteiger charge is 2.08. The van der Waals surface area contributed by atoms with Crippen molar-refractivity contribution < 1.29 is 9.50 Å². The minimum Gasteiger partial charge on any atom is -0.507 e. The molecule has 0 bridgehead atoms. The zero-order valence-electron chi connectivity index (χ0n) is 10.0. The van der Waals surface area contributed by atoms with Crippen LogP contribution in [0.25, 0.3) is 10.8 Å². The standard InChI is InChI=1S/C16H11FOS/c17-12-5-3-6-13(10-12)19-16-14-7-2-1-4-11(14)8-9-15(16)18/h1-10,18H. The Balaban J connectivity index is 2.12. The fourth-order valence-electron chi connectivity index (χ4n) is 1.99. The van der Waals surface area contributed by atoms with Gasteiger partial charge in [-0.2, -0.15) is 0 Å². The fourth-order valence-corrected chi connectivity index (χ4v) is 3.01. The molecule has 0 unspecified atom stereocenters. The molecule has 0 aromatic heterocycles. The molecule has 3 aromatic carbocycles. The summed E-state index contributed by atoms with van der Waals surface area (Å²) < 4.78 is 13.2. The number of aromatic hydroxyl groups is 1. The Morgan fingerprint density at radius 3 is 2.58 bits per heavy atom. The molecular weight excluding hydrogens is 259 g/mol. The van der Waals surface area contributed by atoms with Crippen LogP contribution in [0.5, 0.6) is 5.75 Å². The average Bonchev–Trinajstić information content (AvgIpc) is 2.42. The number of benzene rings is 3. The Kier molecular flexibility index (Phi) is 3.13. The Morgan fingerprint density at radius 2 is 1.74 bits per heavy atom. The molecule has 0 aliphatic heterocycles. The third kappa shape index (κ3) is 2.42. The molecular formula is C16H11FOS. The molecule has 0 saturated heterocycles. The van der Waals surface area contributed by atoms with Gasteiger partial charge in [0.05, 0.1) is 4.90 Å². The van der Waals surface area contributed by atoms with E-state index in [0.717, 1.165) is 20.6 Å². The summed E-state index contributed by atoms with van der Waals surface area (Å²) in [6.45, 7) is 0. The van der Waals surface area contributed by atoms with Gasteiger partial charge in [0.25, 0.3) is 0 Å². The molecule has 0 aliphatic carbocycles. The van der Waals surface area contributed by atoms with Crippen molar-refractivity contribution in [2.24, 2.45) is 0 Å². The van der Waals surface area contributed by atoms with E-state index in [1.165, 1.54) is 23.9 Å². The number of phenols is 1. The number of halogens is 1. The molecule has 19 heavy (non-hydrogen) atoms. The summed E-state index contributed by atoms with van der Waals surface area (Å²) in [5.74, 6) is -0.0577. The van der Waals surface area contributed by atoms with E-state index >= 15 is 0 Å². The van der Waals surface area contributed by atoms with Crippen LogP contribution < -0.4 is 0 Å². The molecule has 0 fully saturated rings. The highest BCUT2D eigenvalue weighted by atomic mass is 32.2. The molecule has 3 heteroatoms. The number of hydrogen-bond donors (Lipinski definition) is 1. The Hall–Kier alpha value is -2.00. The maximum Gasteiger partial charge on any atom is 0.130 e. The molecule has 1 N–H and O–H groups in total. The first-order chi connectivity index (χ1) is 9.24. The maximum absolute atomic E-state index is 13.2. The second kappa shape index (κ2) is 4.94. The SMILES string of the molecule is Oc1ccc2ccccc2c1Sc1cccc(F)c1. The summed E-state index contributed by atoms with van der Waals surface area (Å²) in [7, 11) is 0. The zero-order valence-corrected chi connectivity index (χ0v) is 10.8. The lowest BCUT2D eigenvalue weighted by Gasteiger charge is -2.08. The Morgan fingerprint density at radius 1 is 0.895 bits per heavy atom. The molecule has 3 aromatic rings. The van der Waals surface area contributed by atoms with E-state index < -0.39 is 0 Å². The summed E-state index contributed by atoms with van der Waals surface area (Å²) in [5.41, 5.74) is 0. The zero-order chi connectivity index (χ0) is 13.2. The average molecular weight is 270 g/mol. The lowest BCUT2D eigenvalue weighted by Crippen LogP contribution is -1.81. The van der Waals surface area contributed by atoms with Crippen LogP contribution in [-0.4, -0.2) is 5.11 Å². The summed E-state index contributed by atoms with van der Waals surface area (Å²) in [6, 6.07) is 17.7. The lowest BCUT2D eigenvalue weighted by molar-refractivity contribution is 0.464. The monoisotopic (exact) mass is 270 g/mol. The third-order valence-electron chi connectivity index (χ3n) is 2.87. The Labute approximate surface area is 114 Å². The first-order valence-electron chi connectivity index (χ1n) is 5.88. The van der Waals surface area contributed by atoms with Crippen LogP contribution in [0, 0.1) is 5.82 Å². The van der Waals surface area contributed by atoms with E-state index in [9.17, 15) is 9.50 Å². The van der Waals surface area contributed by atoms with Gasteiger partial charge in [-0.15, -0.1) is 0 Å². The van der Waals surface area contributed by atoms with Gasteiger partial charge in [0.15, 0.2) is 0 Å². The second-order valence-electron chi connectivity index (χ2n) is 4.19. The van der Waals surface area contributed by atoms with Gasteiger partial charge in [0.2, 0.25) is 0 Å². The van der Waals surface area contributed by atoms with Crippen molar-refractivity contribution >= 4 is 22.5 Å². The van der Waals surface area contributed by atoms with Crippen molar-refractivity contribution in [2.45, 2.75) is 9.79 Å². The first-order valence-corrected chi connectivity index (χ1v) is 6.70. The summed E-state index contributed by atoms with van der Waals surface area (Å²) in [6.07, 6.45) is 0. The van der Waals surface area contributed by atoms with Gasteiger partial charge < -0.3 is 5.11 Å². The number of fused-ring (bicyclic) bond motifs is 1. The van der Waals surface area contributed by atoms with Crippen LogP contribution in [0.4, 0.5) is 4.39 Å². The second-order valence-corrected chi connectivity index (χ2v) is 5.28. The van der Waals surface area contributed by atoms with Crippen molar-refractivity contribution in [3.63, 3.8) is 0 Å². The maximum atomic E-state index is 13.2. The van der Waals surface area contributed by atoms with Crippen molar-refractivity contribution in [3.8, 4) is 5.75 Å². The molecule has 0 aliphatic rings. The van der Waals surface area contributed by atoms with Crippen LogP contribution in [0.15, 0.2) is 70.5 Å². The van der Waals surface area contributed by atoms with Gasteiger partial charge in [-0.1, -0.05) is 48.2 Å². The molecule has 0 atom stereocenters. The highest BCUT2D eigenvalue weighted by Crippen LogP contribution is 2.39. The van der Waals surface area contributed by atoms with Crippen LogP contribution in [0.3, 0.4) is 0 Å². The van der Waals surface area contributed by atoms with Gasteiger partial charge in [0.1, 0.15) is 11.6 Å². The lowest BCUT2D eigenvalue weighted by atomic mass is 10.1. The van der Waals surface area contributed by atoms with E-state index in [2.05, 4.69) is 0 Å². The quantitative estimate of drug-likeness (QED) is 0.719. The molecule has 0 spiro atoms. The summed E-state index contributed by atoms with van der Waals surface area (Å²) in [4.78, 5) is 1.52. The van der Waals surface area contributed by atoms with E-state index in [1.807, 2.05) is 36.4 Å². The molecule has 1 nitrogen and oxygen atoms in total.